The molecule has 10 heavy (non-hydrogen) atoms. The first-order chi connectivity index (χ1) is 4.68. The molecule has 0 spiro atoms. The van der Waals surface area contributed by atoms with Gasteiger partial charge in [-0.2, -0.15) is 0 Å². The van der Waals surface area contributed by atoms with Gasteiger partial charge < -0.3 is 13.8 Å². The summed E-state index contributed by atoms with van der Waals surface area (Å²) in [5.74, 6) is 0. The van der Waals surface area contributed by atoms with Gasteiger partial charge in [0.05, 0.1) is 6.61 Å². The van der Waals surface area contributed by atoms with Gasteiger partial charge in [0.1, 0.15) is 0 Å². The van der Waals surface area contributed by atoms with Crippen LogP contribution in [0.1, 0.15) is 0 Å². The minimum Gasteiger partial charge on any atom is -0.384 e. The molecular formula is C5H13O3PS. The third kappa shape index (κ3) is 3.64. The van der Waals surface area contributed by atoms with E-state index in [1.807, 2.05) is 0 Å². The van der Waals surface area contributed by atoms with Gasteiger partial charge in [-0.25, -0.2) is 0 Å². The predicted molar refractivity (Wildman–Crippen MR) is 45.0 cm³/mol. The third-order valence-electron chi connectivity index (χ3n) is 1.13. The quantitative estimate of drug-likeness (QED) is 0.601. The smallest absolute Gasteiger partial charge is 0.190 e. The van der Waals surface area contributed by atoms with Gasteiger partial charge in [-0.3, -0.25) is 0 Å². The van der Waals surface area contributed by atoms with E-state index >= 15 is 0 Å². The molecule has 5 heteroatoms. The van der Waals surface area contributed by atoms with Crippen LogP contribution in [0.5, 0.6) is 0 Å². The molecule has 0 radical (unpaired) electrons. The molecule has 0 amide bonds. The largest absolute Gasteiger partial charge is 0.384 e. The average molecular weight is 184 g/mol. The Balaban J connectivity index is 3.70. The van der Waals surface area contributed by atoms with Crippen molar-refractivity contribution in [3.8, 4) is 0 Å². The maximum absolute atomic E-state index is 5.06. The molecule has 0 aliphatic rings. The van der Waals surface area contributed by atoms with Gasteiger partial charge in [-0.05, 0) is 11.8 Å². The number of hydrogen-bond acceptors (Lipinski definition) is 4. The minimum atomic E-state index is -1.99. The standard InChI is InChI=1S/C5H13O3PS/c1-6-4-5-9(10,7-2)8-3/h4-5H2,1-3H3. The molecule has 0 N–H and O–H groups in total. The highest BCUT2D eigenvalue weighted by molar-refractivity contribution is 8.09. The normalized spacial score (nSPS) is 11.9. The minimum absolute atomic E-state index is 0.596. The lowest BCUT2D eigenvalue weighted by Crippen LogP contribution is -2.00. The molecule has 0 rings (SSSR count). The van der Waals surface area contributed by atoms with Crippen molar-refractivity contribution in [1.82, 2.24) is 0 Å². The van der Waals surface area contributed by atoms with Crippen molar-refractivity contribution >= 4 is 18.3 Å². The van der Waals surface area contributed by atoms with Crippen LogP contribution in [0.3, 0.4) is 0 Å². The molecule has 0 aromatic rings. The zero-order chi connectivity index (χ0) is 8.04. The highest BCUT2D eigenvalue weighted by atomic mass is 32.5. The maximum Gasteiger partial charge on any atom is 0.190 e. The summed E-state index contributed by atoms with van der Waals surface area (Å²) in [4.78, 5) is 0. The van der Waals surface area contributed by atoms with Crippen molar-refractivity contribution in [2.24, 2.45) is 0 Å². The highest BCUT2D eigenvalue weighted by Crippen LogP contribution is 2.46. The Morgan fingerprint density at radius 2 is 1.70 bits per heavy atom. The van der Waals surface area contributed by atoms with Crippen LogP contribution in [0.2, 0.25) is 0 Å². The Morgan fingerprint density at radius 1 is 1.20 bits per heavy atom. The molecule has 0 fully saturated rings. The van der Waals surface area contributed by atoms with E-state index in [0.29, 0.717) is 12.8 Å². The van der Waals surface area contributed by atoms with Crippen LogP contribution in [0, 0.1) is 0 Å². The lowest BCUT2D eigenvalue weighted by Gasteiger charge is -2.16. The summed E-state index contributed by atoms with van der Waals surface area (Å²) in [5, 5.41) is 0. The Morgan fingerprint density at radius 3 is 2.00 bits per heavy atom. The van der Waals surface area contributed by atoms with Gasteiger partial charge in [0.25, 0.3) is 0 Å². The van der Waals surface area contributed by atoms with Crippen LogP contribution in [-0.2, 0) is 25.6 Å². The van der Waals surface area contributed by atoms with E-state index in [9.17, 15) is 0 Å². The summed E-state index contributed by atoms with van der Waals surface area (Å²) in [6.07, 6.45) is 0.672. The van der Waals surface area contributed by atoms with Gasteiger partial charge in [-0.1, -0.05) is 0 Å². The molecule has 3 nitrogen and oxygen atoms in total. The van der Waals surface area contributed by atoms with Crippen LogP contribution < -0.4 is 0 Å². The van der Waals surface area contributed by atoms with Gasteiger partial charge >= 0.3 is 0 Å². The van der Waals surface area contributed by atoms with E-state index in [1.54, 1.807) is 21.3 Å². The molecule has 0 bridgehead atoms. The van der Waals surface area contributed by atoms with Crippen molar-refractivity contribution in [3.05, 3.63) is 0 Å². The highest BCUT2D eigenvalue weighted by Gasteiger charge is 2.13. The summed E-state index contributed by atoms with van der Waals surface area (Å²) in [6, 6.07) is 0. The van der Waals surface area contributed by atoms with Gasteiger partial charge in [-0.15, -0.1) is 0 Å². The summed E-state index contributed by atoms with van der Waals surface area (Å²) in [6.45, 7) is -1.39. The first-order valence-electron chi connectivity index (χ1n) is 2.88. The Hall–Kier alpha value is 0.530. The fraction of sp³-hybridized carbons (Fsp3) is 1.00. The van der Waals surface area contributed by atoms with Gasteiger partial charge in [0.15, 0.2) is 6.49 Å². The van der Waals surface area contributed by atoms with Crippen molar-refractivity contribution in [3.63, 3.8) is 0 Å². The van der Waals surface area contributed by atoms with Crippen LogP contribution in [0.25, 0.3) is 0 Å². The lowest BCUT2D eigenvalue weighted by atomic mass is 10.9. The van der Waals surface area contributed by atoms with E-state index in [1.165, 1.54) is 0 Å². The number of rotatable bonds is 5. The lowest BCUT2D eigenvalue weighted by molar-refractivity contribution is 0.211. The van der Waals surface area contributed by atoms with Crippen molar-refractivity contribution in [1.29, 1.82) is 0 Å². The predicted octanol–water partition coefficient (Wildman–Crippen LogP) is 1.24. The van der Waals surface area contributed by atoms with Crippen molar-refractivity contribution in [2.45, 2.75) is 0 Å². The van der Waals surface area contributed by atoms with E-state index in [-0.39, 0.29) is 0 Å². The molecule has 0 saturated carbocycles. The Kier molecular flexibility index (Phi) is 5.49. The molecule has 62 valence electrons. The molecule has 0 aromatic heterocycles. The molecule has 0 aliphatic carbocycles. The SMILES string of the molecule is COCCP(=S)(OC)OC. The Labute approximate surface area is 66.8 Å². The summed E-state index contributed by atoms with van der Waals surface area (Å²) in [7, 11) is 4.77. The zero-order valence-corrected chi connectivity index (χ0v) is 8.21. The summed E-state index contributed by atoms with van der Waals surface area (Å²) in [5.41, 5.74) is 0. The van der Waals surface area contributed by atoms with Crippen LogP contribution in [0.15, 0.2) is 0 Å². The molecule has 0 atom stereocenters. The second kappa shape index (κ2) is 5.22. The monoisotopic (exact) mass is 184 g/mol. The number of ether oxygens (including phenoxy) is 1. The molecular weight excluding hydrogens is 171 g/mol. The molecule has 0 aliphatic heterocycles. The molecule has 0 heterocycles. The first-order valence-corrected chi connectivity index (χ1v) is 5.70. The van der Waals surface area contributed by atoms with E-state index in [0.717, 1.165) is 0 Å². The third-order valence-corrected chi connectivity index (χ3v) is 4.41. The van der Waals surface area contributed by atoms with E-state index in [2.05, 4.69) is 0 Å². The van der Waals surface area contributed by atoms with Crippen LogP contribution >= 0.6 is 6.49 Å². The zero-order valence-electron chi connectivity index (χ0n) is 6.49. The van der Waals surface area contributed by atoms with Crippen LogP contribution in [-0.4, -0.2) is 34.1 Å². The molecule has 0 unspecified atom stereocenters. The Bertz CT molecular complexity index is 120. The summed E-state index contributed by atoms with van der Waals surface area (Å²) < 4.78 is 14.9. The molecule has 0 aromatic carbocycles. The van der Waals surface area contributed by atoms with E-state index in [4.69, 9.17) is 25.6 Å². The molecule has 0 saturated heterocycles. The van der Waals surface area contributed by atoms with Gasteiger partial charge in [0, 0.05) is 27.5 Å². The summed E-state index contributed by atoms with van der Waals surface area (Å²) >= 11 is 5.06. The number of methoxy groups -OCH3 is 1. The average Bonchev–Trinajstić information content (AvgIpc) is 2.00. The first kappa shape index (κ1) is 10.5. The van der Waals surface area contributed by atoms with Crippen molar-refractivity contribution in [2.75, 3.05) is 34.1 Å². The second-order valence-corrected chi connectivity index (χ2v) is 5.76. The second-order valence-electron chi connectivity index (χ2n) is 1.69. The fourth-order valence-electron chi connectivity index (χ4n) is 0.460. The topological polar surface area (TPSA) is 27.7 Å². The van der Waals surface area contributed by atoms with Crippen LogP contribution in [0.4, 0.5) is 0 Å². The maximum atomic E-state index is 5.06. The number of hydrogen-bond donors (Lipinski definition) is 0. The fourth-order valence-corrected chi connectivity index (χ4v) is 1.60. The van der Waals surface area contributed by atoms with E-state index < -0.39 is 6.49 Å². The van der Waals surface area contributed by atoms with Gasteiger partial charge in [0.2, 0.25) is 0 Å². The van der Waals surface area contributed by atoms with Crippen molar-refractivity contribution < 1.29 is 13.8 Å².